The van der Waals surface area contributed by atoms with E-state index in [1.165, 1.54) is 24.3 Å². The van der Waals surface area contributed by atoms with Crippen LogP contribution in [0.25, 0.3) is 0 Å². The monoisotopic (exact) mass is 1650 g/mol. The van der Waals surface area contributed by atoms with Crippen LogP contribution >= 0.6 is 46.4 Å². The normalized spacial score (nSPS) is 11.2. The molecule has 27 heteroatoms. The fourth-order valence-electron chi connectivity index (χ4n) is 9.40. The topological polar surface area (TPSA) is 358 Å². The lowest BCUT2D eigenvalue weighted by Crippen LogP contribution is -2.44. The second-order valence-corrected chi connectivity index (χ2v) is 30.4. The number of unbranched alkanes of at least 4 members (excludes halogenated alkanes) is 2. The van der Waals surface area contributed by atoms with Crippen LogP contribution in [-0.4, -0.2) is 133 Å². The number of carboxylic acids is 1. The lowest BCUT2D eigenvalue weighted by molar-refractivity contribution is -0.158. The maximum absolute atomic E-state index is 12.9. The van der Waals surface area contributed by atoms with Crippen LogP contribution in [0.5, 0.6) is 0 Å². The highest BCUT2D eigenvalue weighted by Gasteiger charge is 2.28. The first-order chi connectivity index (χ1) is 53.8. The molecule has 0 aromatic heterocycles. The maximum Gasteiger partial charge on any atom is 0.407 e. The van der Waals surface area contributed by atoms with Crippen molar-refractivity contribution in [2.45, 2.75) is 156 Å². The van der Waals surface area contributed by atoms with E-state index in [1.807, 2.05) is 90.1 Å². The van der Waals surface area contributed by atoms with E-state index in [0.29, 0.717) is 100.0 Å². The Morgan fingerprint density at radius 2 is 0.565 bits per heavy atom. The van der Waals surface area contributed by atoms with Gasteiger partial charge in [-0.1, -0.05) is 170 Å². The number of nitrogens with two attached hydrogens (primary N) is 1. The third-order valence-corrected chi connectivity index (χ3v) is 15.6. The number of hydrogen-bond donors (Lipinski definition) is 5. The van der Waals surface area contributed by atoms with Crippen molar-refractivity contribution >= 4 is 127 Å². The van der Waals surface area contributed by atoms with Crippen LogP contribution in [0.4, 0.5) is 9.59 Å². The first-order valence-corrected chi connectivity index (χ1v) is 37.6. The maximum atomic E-state index is 12.9. The zero-order valence-corrected chi connectivity index (χ0v) is 69.0. The molecule has 8 rings (SSSR count). The molecule has 0 aliphatic carbocycles. The first kappa shape index (κ1) is 97.9. The van der Waals surface area contributed by atoms with E-state index in [2.05, 4.69) is 39.2 Å². The molecule has 0 bridgehead atoms. The van der Waals surface area contributed by atoms with E-state index in [4.69, 9.17) is 53.0 Å². The van der Waals surface area contributed by atoms with Crippen molar-refractivity contribution in [2.24, 2.45) is 5.73 Å². The lowest BCUT2D eigenvalue weighted by atomic mass is 10.0. The number of aromatic carboxylic acids is 1. The molecule has 23 nitrogen and oxygen atoms in total. The molecule has 0 radical (unpaired) electrons. The average Bonchev–Trinajstić information content (AvgIpc) is 0.863. The number of carboxylic acid groups (broad SMARTS) is 1. The highest BCUT2D eigenvalue weighted by Crippen LogP contribution is 2.20. The van der Waals surface area contributed by atoms with Gasteiger partial charge in [0.05, 0.1) is 5.56 Å². The van der Waals surface area contributed by atoms with Crippen LogP contribution < -0.4 is 21.7 Å². The van der Waals surface area contributed by atoms with E-state index >= 15 is 0 Å². The van der Waals surface area contributed by atoms with Gasteiger partial charge in [-0.05, 0) is 217 Å². The summed E-state index contributed by atoms with van der Waals surface area (Å²) in [5, 5.41) is 13.5. The molecule has 2 atom stereocenters. The largest absolute Gasteiger partial charge is 0.478 e. The number of esters is 2. The van der Waals surface area contributed by atoms with Gasteiger partial charge in [0.2, 0.25) is 0 Å². The Balaban J connectivity index is 0.000000379. The molecule has 0 fully saturated rings. The number of carbonyl (C=O) groups is 14. The highest BCUT2D eigenvalue weighted by atomic mass is 35.5. The summed E-state index contributed by atoms with van der Waals surface area (Å²) in [7, 11) is 0. The number of nitrogens with one attached hydrogen (secondary N) is 3. The van der Waals surface area contributed by atoms with E-state index in [0.717, 1.165) is 12.8 Å². The zero-order chi connectivity index (χ0) is 86.2. The number of alkyl carbamates (subject to hydrolysis) is 2. The van der Waals surface area contributed by atoms with Crippen LogP contribution in [0.2, 0.25) is 0 Å². The molecule has 0 spiro atoms. The summed E-state index contributed by atoms with van der Waals surface area (Å²) in [6, 6.07) is 59.0. The minimum absolute atomic E-state index is 0.0702. The van der Waals surface area contributed by atoms with Crippen LogP contribution in [0.3, 0.4) is 0 Å². The molecule has 0 saturated heterocycles. The Kier molecular flexibility index (Phi) is 41.4. The van der Waals surface area contributed by atoms with Crippen molar-refractivity contribution in [1.82, 2.24) is 16.0 Å². The smallest absolute Gasteiger partial charge is 0.407 e. The molecule has 8 aromatic rings. The quantitative estimate of drug-likeness (QED) is 0.00839. The number of carbonyl (C=O) groups excluding carboxylic acids is 13. The number of amides is 3. The molecule has 6 N–H and O–H groups in total. The van der Waals surface area contributed by atoms with Crippen molar-refractivity contribution in [3.8, 4) is 0 Å². The molecule has 2 unspecified atom stereocenters. The van der Waals surface area contributed by atoms with Crippen LogP contribution in [0.1, 0.15) is 227 Å². The molecule has 115 heavy (non-hydrogen) atoms. The van der Waals surface area contributed by atoms with Gasteiger partial charge in [-0.2, -0.15) is 0 Å². The number of rotatable bonds is 26. The number of hydrogen-bond acceptors (Lipinski definition) is 19. The second kappa shape index (κ2) is 48.7. The number of ketones is 4. The standard InChI is InChI=1S/C29H38N2O6.C15H30N2O4.2C14H9ClO2.C14H10O3.C2Cl2O2/c1-28(2,3)36-26(34)23(14-10-11-19-30-27(35)37-29(4,5)6)31-25(33)22-17-15-21(16-18-22)24(32)20-12-8-7-9-13-20;1-14(2,3)20-12(18)11(16)9-7-8-10-17-13(19)21-15(4,5)6;2*15-14(17)12-8-6-11(7-9-12)13(16)10-4-2-1-3-5-10;15-13(10-4-2-1-3-5-10)11-6-8-12(9-7-11)14(16)17;3-1(5)2(4)6/h7-9,12-13,15-18,23H,10-11,14,19H2,1-6H3,(H,30,35)(H,31,33);11H,7-10,16H2,1-6H3,(H,17,19);2*1-9H;1-9H,(H,16,17);. The number of halogens is 4. The van der Waals surface area contributed by atoms with Gasteiger partial charge in [0, 0.05) is 74.3 Å². The SMILES string of the molecule is CC(C)(C)OC(=O)NCCCCC(N)C(=O)OC(C)(C)C.CC(C)(C)OC(=O)NCCCCC(NC(=O)c1ccc(C(=O)c2ccccc2)cc1)C(=O)OC(C)(C)C.O=C(Cl)C(=O)Cl.O=C(Cl)c1ccc(C(=O)c2ccccc2)cc1.O=C(Cl)c1ccc(C(=O)c2ccccc2)cc1.O=C(O)c1ccc(C(=O)c2ccccc2)cc1. The van der Waals surface area contributed by atoms with Gasteiger partial charge >= 0.3 is 40.6 Å². The van der Waals surface area contributed by atoms with Crippen molar-refractivity contribution in [3.63, 3.8) is 0 Å². The Bertz CT molecular complexity index is 4280. The summed E-state index contributed by atoms with van der Waals surface area (Å²) in [5.41, 5.74) is 9.15. The second-order valence-electron chi connectivity index (χ2n) is 29.0. The molecule has 0 aliphatic rings. The van der Waals surface area contributed by atoms with E-state index in [9.17, 15) is 67.1 Å². The molecule has 8 aromatic carbocycles. The van der Waals surface area contributed by atoms with Gasteiger partial charge in [0.15, 0.2) is 23.1 Å². The summed E-state index contributed by atoms with van der Waals surface area (Å²) in [6.07, 6.45) is 2.55. The molecule has 0 saturated carbocycles. The van der Waals surface area contributed by atoms with Crippen molar-refractivity contribution in [3.05, 3.63) is 285 Å². The molecular weight excluding hydrogens is 1560 g/mol. The Morgan fingerprint density at radius 3 is 0.826 bits per heavy atom. The third-order valence-electron chi connectivity index (χ3n) is 14.8. The van der Waals surface area contributed by atoms with Crippen molar-refractivity contribution < 1.29 is 91.2 Å². The number of ether oxygens (including phenoxy) is 4. The Hall–Kier alpha value is -11.3. The summed E-state index contributed by atoms with van der Waals surface area (Å²) in [6.45, 7) is 22.4. The molecule has 3 amide bonds. The minimum Gasteiger partial charge on any atom is -0.478 e. The summed E-state index contributed by atoms with van der Waals surface area (Å²) < 4.78 is 21.0. The Morgan fingerprint density at radius 1 is 0.322 bits per heavy atom. The van der Waals surface area contributed by atoms with Gasteiger partial charge in [-0.25, -0.2) is 19.2 Å². The molecule has 0 heterocycles. The van der Waals surface area contributed by atoms with Gasteiger partial charge in [-0.3, -0.25) is 47.9 Å². The van der Waals surface area contributed by atoms with Crippen molar-refractivity contribution in [1.29, 1.82) is 0 Å². The lowest BCUT2D eigenvalue weighted by Gasteiger charge is -2.24. The van der Waals surface area contributed by atoms with E-state index in [-0.39, 0.29) is 34.7 Å². The fraction of sp³-hybridized carbons (Fsp3) is 0.295. The number of benzene rings is 8. The predicted octanol–water partition coefficient (Wildman–Crippen LogP) is 17.1. The Labute approximate surface area is 689 Å². The van der Waals surface area contributed by atoms with Gasteiger partial charge in [0.1, 0.15) is 34.5 Å². The van der Waals surface area contributed by atoms with Gasteiger partial charge in [-0.15, -0.1) is 0 Å². The zero-order valence-electron chi connectivity index (χ0n) is 66.0. The molecule has 0 aliphatic heterocycles. The molecular formula is C88H96Cl4N4O19. The van der Waals surface area contributed by atoms with E-state index in [1.54, 1.807) is 187 Å². The highest BCUT2D eigenvalue weighted by molar-refractivity contribution is 6.97. The molecule has 610 valence electrons. The third kappa shape index (κ3) is 40.3. The summed E-state index contributed by atoms with van der Waals surface area (Å²) in [4.78, 5) is 160. The average molecular weight is 1660 g/mol. The van der Waals surface area contributed by atoms with E-state index < -0.39 is 85.5 Å². The predicted molar refractivity (Wildman–Crippen MR) is 441 cm³/mol. The summed E-state index contributed by atoms with van der Waals surface area (Å²) in [5.74, 6) is -2.75. The fourth-order valence-corrected chi connectivity index (χ4v) is 9.65. The van der Waals surface area contributed by atoms with Gasteiger partial charge in [0.25, 0.3) is 16.4 Å². The van der Waals surface area contributed by atoms with Crippen molar-refractivity contribution in [2.75, 3.05) is 13.1 Å². The van der Waals surface area contributed by atoms with Crippen LogP contribution in [0.15, 0.2) is 218 Å². The van der Waals surface area contributed by atoms with Gasteiger partial charge < -0.3 is 45.7 Å². The first-order valence-electron chi connectivity index (χ1n) is 36.1. The summed E-state index contributed by atoms with van der Waals surface area (Å²) >= 11 is 19.6. The van der Waals surface area contributed by atoms with Crippen LogP contribution in [-0.2, 0) is 38.1 Å². The van der Waals surface area contributed by atoms with Crippen LogP contribution in [0, 0.1) is 0 Å². The minimum atomic E-state index is -1.14.